The van der Waals surface area contributed by atoms with Gasteiger partial charge in [-0.05, 0) is 6.42 Å². The molecule has 0 aliphatic heterocycles. The first-order valence-corrected chi connectivity index (χ1v) is 5.87. The van der Waals surface area contributed by atoms with Gasteiger partial charge in [-0.2, -0.15) is 0 Å². The van der Waals surface area contributed by atoms with Crippen molar-refractivity contribution in [2.24, 2.45) is 0 Å². The summed E-state index contributed by atoms with van der Waals surface area (Å²) in [5.74, 6) is -5.25. The molecule has 0 aliphatic rings. The van der Waals surface area contributed by atoms with E-state index in [1.807, 2.05) is 0 Å². The SMILES string of the molecule is O=C(O)CCC(CC(=O)O)(C(=O)O)P(=O)(O)O.[Na+].[Na+].[Na+]. The number of hydrogen-bond donors (Lipinski definition) is 5. The molecule has 0 amide bonds. The van der Waals surface area contributed by atoms with Crippen LogP contribution in [0, 0.1) is 0 Å². The smallest absolute Gasteiger partial charge is 0.481 e. The van der Waals surface area contributed by atoms with Crippen LogP contribution in [0.15, 0.2) is 0 Å². The van der Waals surface area contributed by atoms with Crippen LogP contribution >= 0.6 is 7.60 Å². The van der Waals surface area contributed by atoms with Crippen LogP contribution in [0.1, 0.15) is 19.3 Å². The van der Waals surface area contributed by atoms with Crippen molar-refractivity contribution in [3.8, 4) is 0 Å². The molecule has 0 spiro atoms. The van der Waals surface area contributed by atoms with Crippen LogP contribution < -0.4 is 88.7 Å². The molecule has 0 saturated heterocycles. The predicted octanol–water partition coefficient (Wildman–Crippen LogP) is -9.66. The van der Waals surface area contributed by atoms with E-state index in [1.54, 1.807) is 0 Å². The first-order chi connectivity index (χ1) is 7.53. The Morgan fingerprint density at radius 3 is 1.50 bits per heavy atom. The van der Waals surface area contributed by atoms with E-state index in [0.717, 1.165) is 0 Å². The third-order valence-electron chi connectivity index (χ3n) is 2.15. The Bertz CT molecular complexity index is 395. The van der Waals surface area contributed by atoms with Gasteiger partial charge in [0.2, 0.25) is 0 Å². The largest absolute Gasteiger partial charge is 1.00 e. The Kier molecular flexibility index (Phi) is 17.8. The molecule has 1 unspecified atom stereocenters. The van der Waals surface area contributed by atoms with Gasteiger partial charge in [0.1, 0.15) is 0 Å². The van der Waals surface area contributed by atoms with Gasteiger partial charge in [-0.3, -0.25) is 18.9 Å². The van der Waals surface area contributed by atoms with Gasteiger partial charge in [0.25, 0.3) is 0 Å². The van der Waals surface area contributed by atoms with Gasteiger partial charge in [-0.1, -0.05) is 0 Å². The van der Waals surface area contributed by atoms with Crippen molar-refractivity contribution in [3.63, 3.8) is 0 Å². The van der Waals surface area contributed by atoms with Gasteiger partial charge < -0.3 is 25.1 Å². The fourth-order valence-electron chi connectivity index (χ4n) is 1.21. The van der Waals surface area contributed by atoms with Gasteiger partial charge >= 0.3 is 114 Å². The second-order valence-electron chi connectivity index (χ2n) is 3.35. The van der Waals surface area contributed by atoms with Gasteiger partial charge in [0, 0.05) is 6.42 Å². The van der Waals surface area contributed by atoms with Crippen molar-refractivity contribution in [2.75, 3.05) is 0 Å². The summed E-state index contributed by atoms with van der Waals surface area (Å²) in [6.07, 6.45) is -3.17. The van der Waals surface area contributed by atoms with Crippen LogP contribution in [0.2, 0.25) is 0 Å². The van der Waals surface area contributed by atoms with Crippen molar-refractivity contribution in [3.05, 3.63) is 0 Å². The van der Waals surface area contributed by atoms with Crippen LogP contribution in [-0.2, 0) is 18.9 Å². The van der Waals surface area contributed by atoms with Gasteiger partial charge in [-0.25, -0.2) is 0 Å². The monoisotopic (exact) mass is 339 g/mol. The van der Waals surface area contributed by atoms with Gasteiger partial charge in [-0.15, -0.1) is 0 Å². The van der Waals surface area contributed by atoms with E-state index in [2.05, 4.69) is 0 Å². The molecule has 0 rings (SSSR count). The quantitative estimate of drug-likeness (QED) is 0.223. The Morgan fingerprint density at radius 1 is 0.900 bits per heavy atom. The molecule has 9 nitrogen and oxygen atoms in total. The van der Waals surface area contributed by atoms with Crippen molar-refractivity contribution < 1.29 is 133 Å². The van der Waals surface area contributed by atoms with Crippen molar-refractivity contribution in [1.82, 2.24) is 0 Å². The zero-order valence-corrected chi connectivity index (χ0v) is 18.3. The maximum Gasteiger partial charge on any atom is 1.00 e. The average molecular weight is 339 g/mol. The molecule has 1 atom stereocenters. The molecule has 5 N–H and O–H groups in total. The molecule has 0 bridgehead atoms. The summed E-state index contributed by atoms with van der Waals surface area (Å²) in [4.78, 5) is 49.5. The standard InChI is InChI=1S/C7H11O9P.3Na/c8-4(9)1-2-7(6(12)13,3-5(10)11)17(14,15)16;;;/h1-3H2,(H,8,9)(H,10,11)(H,12,13)(H2,14,15,16);;;/q;3*+1. The summed E-state index contributed by atoms with van der Waals surface area (Å²) in [5.41, 5.74) is 0. The molecular weight excluding hydrogens is 328 g/mol. The van der Waals surface area contributed by atoms with Crippen LogP contribution in [0.4, 0.5) is 0 Å². The van der Waals surface area contributed by atoms with E-state index in [9.17, 15) is 18.9 Å². The normalized spacial score (nSPS) is 12.7. The van der Waals surface area contributed by atoms with Crippen LogP contribution in [-0.4, -0.2) is 48.2 Å². The second-order valence-corrected chi connectivity index (χ2v) is 5.29. The predicted molar refractivity (Wildman–Crippen MR) is 51.5 cm³/mol. The summed E-state index contributed by atoms with van der Waals surface area (Å²) in [6.45, 7) is 0. The zero-order chi connectivity index (χ0) is 13.9. The molecular formula is C7H11Na3O9P+3. The number of carboxylic acids is 3. The number of rotatable bonds is 7. The minimum Gasteiger partial charge on any atom is -0.481 e. The van der Waals surface area contributed by atoms with Crippen LogP contribution in [0.5, 0.6) is 0 Å². The Hall–Kier alpha value is 1.56. The van der Waals surface area contributed by atoms with Crippen LogP contribution in [0.25, 0.3) is 0 Å². The number of hydrogen-bond acceptors (Lipinski definition) is 4. The summed E-state index contributed by atoms with van der Waals surface area (Å²) in [6, 6.07) is 0. The van der Waals surface area contributed by atoms with Gasteiger partial charge in [0.05, 0.1) is 6.42 Å². The average Bonchev–Trinajstić information content (AvgIpc) is 2.08. The first kappa shape index (κ1) is 29.6. The number of aliphatic carboxylic acids is 3. The molecule has 0 saturated carbocycles. The van der Waals surface area contributed by atoms with Crippen molar-refractivity contribution >= 4 is 25.5 Å². The summed E-state index contributed by atoms with van der Waals surface area (Å²) in [5, 5.41) is 22.7. The molecule has 0 aromatic rings. The van der Waals surface area contributed by atoms with E-state index in [4.69, 9.17) is 25.1 Å². The van der Waals surface area contributed by atoms with E-state index in [0.29, 0.717) is 0 Å². The van der Waals surface area contributed by atoms with Crippen LogP contribution in [0.3, 0.4) is 0 Å². The molecule has 0 aromatic carbocycles. The van der Waals surface area contributed by atoms with Crippen molar-refractivity contribution in [2.45, 2.75) is 24.4 Å². The second kappa shape index (κ2) is 12.0. The molecule has 98 valence electrons. The third kappa shape index (κ3) is 8.87. The Labute approximate surface area is 180 Å². The van der Waals surface area contributed by atoms with Crippen molar-refractivity contribution in [1.29, 1.82) is 0 Å². The first-order valence-electron chi connectivity index (χ1n) is 4.25. The Balaban J connectivity index is -0.000000427. The maximum atomic E-state index is 11.1. The summed E-state index contributed by atoms with van der Waals surface area (Å²) < 4.78 is 11.1. The minimum atomic E-state index is -5.32. The van der Waals surface area contributed by atoms with E-state index in [-0.39, 0.29) is 88.7 Å². The molecule has 0 radical (unpaired) electrons. The fourth-order valence-corrected chi connectivity index (χ4v) is 2.20. The molecule has 13 heteroatoms. The third-order valence-corrected chi connectivity index (χ3v) is 3.84. The summed E-state index contributed by atoms with van der Waals surface area (Å²) >= 11 is 0. The Morgan fingerprint density at radius 2 is 1.30 bits per heavy atom. The molecule has 0 fully saturated rings. The molecule has 0 aromatic heterocycles. The fraction of sp³-hybridized carbons (Fsp3) is 0.571. The number of carbonyl (C=O) groups is 3. The van der Waals surface area contributed by atoms with E-state index >= 15 is 0 Å². The number of carboxylic acid groups (broad SMARTS) is 3. The maximum absolute atomic E-state index is 11.1. The minimum absolute atomic E-state index is 0. The molecule has 0 heterocycles. The zero-order valence-electron chi connectivity index (χ0n) is 11.4. The van der Waals surface area contributed by atoms with E-state index in [1.165, 1.54) is 0 Å². The van der Waals surface area contributed by atoms with Gasteiger partial charge in [0.15, 0.2) is 5.16 Å². The topological polar surface area (TPSA) is 169 Å². The molecule has 0 aliphatic carbocycles. The van der Waals surface area contributed by atoms with E-state index < -0.39 is 49.9 Å². The molecule has 20 heavy (non-hydrogen) atoms. The summed E-state index contributed by atoms with van der Waals surface area (Å²) in [7, 11) is -5.32.